The predicted molar refractivity (Wildman–Crippen MR) is 90.9 cm³/mol. The number of likely N-dealkylation sites (tertiary alicyclic amines) is 1. The lowest BCUT2D eigenvalue weighted by atomic mass is 9.98. The van der Waals surface area contributed by atoms with Gasteiger partial charge in [-0.25, -0.2) is 9.59 Å². The van der Waals surface area contributed by atoms with Crippen LogP contribution in [0.25, 0.3) is 0 Å². The molecule has 0 aromatic heterocycles. The molecule has 0 bridgehead atoms. The molecule has 24 heavy (non-hydrogen) atoms. The highest BCUT2D eigenvalue weighted by molar-refractivity contribution is 5.68. The first-order valence-corrected chi connectivity index (χ1v) is 8.83. The molecule has 2 saturated heterocycles. The van der Waals surface area contributed by atoms with E-state index in [1.54, 1.807) is 9.80 Å². The van der Waals surface area contributed by atoms with Gasteiger partial charge in [-0.15, -0.1) is 0 Å². The Morgan fingerprint density at radius 3 is 2.00 bits per heavy atom. The second-order valence-electron chi connectivity index (χ2n) is 7.78. The van der Waals surface area contributed by atoms with Gasteiger partial charge in [-0.3, -0.25) is 0 Å². The molecule has 0 aromatic carbocycles. The summed E-state index contributed by atoms with van der Waals surface area (Å²) in [5.74, 6) is 0.320. The van der Waals surface area contributed by atoms with Crippen LogP contribution in [-0.2, 0) is 9.47 Å². The first-order chi connectivity index (χ1) is 11.2. The van der Waals surface area contributed by atoms with Gasteiger partial charge in [0, 0.05) is 39.3 Å². The first kappa shape index (κ1) is 18.8. The Hall–Kier alpha value is -1.50. The minimum atomic E-state index is -0.466. The van der Waals surface area contributed by atoms with Gasteiger partial charge in [0.25, 0.3) is 0 Å². The Balaban J connectivity index is 1.66. The van der Waals surface area contributed by atoms with Crippen molar-refractivity contribution in [3.8, 4) is 0 Å². The van der Waals surface area contributed by atoms with Crippen LogP contribution in [0.1, 0.15) is 33.6 Å². The van der Waals surface area contributed by atoms with E-state index in [1.165, 1.54) is 0 Å². The highest BCUT2D eigenvalue weighted by atomic mass is 16.6. The van der Waals surface area contributed by atoms with Crippen LogP contribution < -0.4 is 0 Å². The molecule has 2 aliphatic rings. The molecule has 7 heteroatoms. The monoisotopic (exact) mass is 341 g/mol. The fourth-order valence-electron chi connectivity index (χ4n) is 2.88. The SMILES string of the molecule is CN1CCN(C(=O)OCC2CCN(C(=O)OC(C)(C)C)CC2)CC1. The molecule has 2 amide bonds. The zero-order chi connectivity index (χ0) is 17.7. The van der Waals surface area contributed by atoms with E-state index in [1.807, 2.05) is 20.8 Å². The third-order valence-electron chi connectivity index (χ3n) is 4.47. The van der Waals surface area contributed by atoms with Crippen molar-refractivity contribution in [2.45, 2.75) is 39.2 Å². The number of rotatable bonds is 2. The molecule has 2 fully saturated rings. The maximum Gasteiger partial charge on any atom is 0.410 e. The molecule has 2 aliphatic heterocycles. The van der Waals surface area contributed by atoms with Gasteiger partial charge in [0.05, 0.1) is 6.61 Å². The lowest BCUT2D eigenvalue weighted by molar-refractivity contribution is 0.0130. The molecule has 0 saturated carbocycles. The molecule has 0 spiro atoms. The summed E-state index contributed by atoms with van der Waals surface area (Å²) in [6.45, 7) is 10.6. The molecule has 0 atom stereocenters. The summed E-state index contributed by atoms with van der Waals surface area (Å²) in [4.78, 5) is 29.8. The maximum atomic E-state index is 12.1. The van der Waals surface area contributed by atoms with E-state index in [4.69, 9.17) is 9.47 Å². The lowest BCUT2D eigenvalue weighted by Crippen LogP contribution is -2.47. The van der Waals surface area contributed by atoms with Crippen LogP contribution in [0.15, 0.2) is 0 Å². The highest BCUT2D eigenvalue weighted by Crippen LogP contribution is 2.20. The van der Waals surface area contributed by atoms with E-state index >= 15 is 0 Å². The fourth-order valence-corrected chi connectivity index (χ4v) is 2.88. The molecule has 0 unspecified atom stereocenters. The van der Waals surface area contributed by atoms with Gasteiger partial charge in [-0.2, -0.15) is 0 Å². The van der Waals surface area contributed by atoms with Crippen molar-refractivity contribution in [1.82, 2.24) is 14.7 Å². The first-order valence-electron chi connectivity index (χ1n) is 8.83. The summed E-state index contributed by atoms with van der Waals surface area (Å²) in [5.41, 5.74) is -0.466. The Kier molecular flexibility index (Phi) is 6.32. The lowest BCUT2D eigenvalue weighted by Gasteiger charge is -2.34. The number of hydrogen-bond acceptors (Lipinski definition) is 5. The molecule has 0 radical (unpaired) electrons. The topological polar surface area (TPSA) is 62.3 Å². The number of carbonyl (C=O) groups excluding carboxylic acids is 2. The summed E-state index contributed by atoms with van der Waals surface area (Å²) in [7, 11) is 2.06. The van der Waals surface area contributed by atoms with Crippen LogP contribution in [0, 0.1) is 5.92 Å². The van der Waals surface area contributed by atoms with Gasteiger partial charge >= 0.3 is 12.2 Å². The van der Waals surface area contributed by atoms with Gasteiger partial charge in [0.2, 0.25) is 0 Å². The number of ether oxygens (including phenoxy) is 2. The minimum Gasteiger partial charge on any atom is -0.449 e. The average molecular weight is 341 g/mol. The van der Waals surface area contributed by atoms with E-state index in [0.29, 0.717) is 25.6 Å². The second kappa shape index (κ2) is 8.05. The smallest absolute Gasteiger partial charge is 0.410 e. The molecule has 0 aliphatic carbocycles. The van der Waals surface area contributed by atoms with Crippen molar-refractivity contribution in [1.29, 1.82) is 0 Å². The summed E-state index contributed by atoms with van der Waals surface area (Å²) in [6.07, 6.45) is 1.22. The normalized spacial score (nSPS) is 20.8. The number of nitrogens with zero attached hydrogens (tertiary/aromatic N) is 3. The second-order valence-corrected chi connectivity index (χ2v) is 7.78. The van der Waals surface area contributed by atoms with Crippen LogP contribution in [0.3, 0.4) is 0 Å². The van der Waals surface area contributed by atoms with Gasteiger partial charge < -0.3 is 24.2 Å². The van der Waals surface area contributed by atoms with E-state index in [0.717, 1.165) is 39.0 Å². The van der Waals surface area contributed by atoms with E-state index < -0.39 is 5.60 Å². The van der Waals surface area contributed by atoms with Crippen LogP contribution in [0.4, 0.5) is 9.59 Å². The molecule has 2 rings (SSSR count). The average Bonchev–Trinajstić information content (AvgIpc) is 2.52. The van der Waals surface area contributed by atoms with Gasteiger partial charge in [0.15, 0.2) is 0 Å². The van der Waals surface area contributed by atoms with Crippen LogP contribution >= 0.6 is 0 Å². The number of hydrogen-bond donors (Lipinski definition) is 0. The predicted octanol–water partition coefficient (Wildman–Crippen LogP) is 2.02. The van der Waals surface area contributed by atoms with Crippen molar-refractivity contribution in [2.24, 2.45) is 5.92 Å². The Labute approximate surface area is 144 Å². The van der Waals surface area contributed by atoms with Crippen LogP contribution in [0.2, 0.25) is 0 Å². The molecular formula is C17H31N3O4. The quantitative estimate of drug-likeness (QED) is 0.769. The summed E-state index contributed by atoms with van der Waals surface area (Å²) >= 11 is 0. The molecular weight excluding hydrogens is 310 g/mol. The zero-order valence-electron chi connectivity index (χ0n) is 15.4. The number of carbonyl (C=O) groups is 2. The van der Waals surface area contributed by atoms with Crippen LogP contribution in [-0.4, -0.2) is 85.4 Å². The fraction of sp³-hybridized carbons (Fsp3) is 0.882. The Morgan fingerprint density at radius 2 is 1.46 bits per heavy atom. The van der Waals surface area contributed by atoms with Crippen molar-refractivity contribution >= 4 is 12.2 Å². The van der Waals surface area contributed by atoms with Gasteiger partial charge in [0.1, 0.15) is 5.60 Å². The van der Waals surface area contributed by atoms with Gasteiger partial charge in [-0.05, 0) is 46.6 Å². The zero-order valence-corrected chi connectivity index (χ0v) is 15.4. The Morgan fingerprint density at radius 1 is 0.917 bits per heavy atom. The number of likely N-dealkylation sites (N-methyl/N-ethyl adjacent to an activating group) is 1. The van der Waals surface area contributed by atoms with E-state index in [9.17, 15) is 9.59 Å². The number of amides is 2. The Bertz CT molecular complexity index is 434. The third kappa shape index (κ3) is 5.85. The summed E-state index contributed by atoms with van der Waals surface area (Å²) < 4.78 is 10.9. The van der Waals surface area contributed by atoms with Crippen molar-refractivity contribution in [3.63, 3.8) is 0 Å². The van der Waals surface area contributed by atoms with E-state index in [-0.39, 0.29) is 12.2 Å². The van der Waals surface area contributed by atoms with E-state index in [2.05, 4.69) is 11.9 Å². The van der Waals surface area contributed by atoms with Gasteiger partial charge in [-0.1, -0.05) is 0 Å². The molecule has 138 valence electrons. The highest BCUT2D eigenvalue weighted by Gasteiger charge is 2.28. The molecule has 0 aromatic rings. The van der Waals surface area contributed by atoms with Crippen LogP contribution in [0.5, 0.6) is 0 Å². The minimum absolute atomic E-state index is 0.210. The third-order valence-corrected chi connectivity index (χ3v) is 4.47. The molecule has 2 heterocycles. The molecule has 7 nitrogen and oxygen atoms in total. The molecule has 0 N–H and O–H groups in total. The summed E-state index contributed by atoms with van der Waals surface area (Å²) in [5, 5.41) is 0. The number of piperidine rings is 1. The van der Waals surface area contributed by atoms with Crippen molar-refractivity contribution < 1.29 is 19.1 Å². The van der Waals surface area contributed by atoms with Crippen molar-refractivity contribution in [2.75, 3.05) is 52.9 Å². The number of piperazine rings is 1. The van der Waals surface area contributed by atoms with Crippen molar-refractivity contribution in [3.05, 3.63) is 0 Å². The standard InChI is InChI=1S/C17H31N3O4/c1-17(2,3)24-16(22)19-7-5-14(6-8-19)13-23-15(21)20-11-9-18(4)10-12-20/h14H,5-13H2,1-4H3. The summed E-state index contributed by atoms with van der Waals surface area (Å²) in [6, 6.07) is 0. The largest absolute Gasteiger partial charge is 0.449 e. The maximum absolute atomic E-state index is 12.1.